The van der Waals surface area contributed by atoms with Crippen LogP contribution in [0.25, 0.3) is 32.7 Å². The Balaban J connectivity index is 0.000000146. The number of benzene rings is 3. The van der Waals surface area contributed by atoms with E-state index in [2.05, 4.69) is 40.5 Å². The molecular weight excluding hydrogens is 1480 g/mol. The first-order valence-corrected chi connectivity index (χ1v) is 39.6. The Labute approximate surface area is 661 Å². The van der Waals surface area contributed by atoms with Gasteiger partial charge in [0.2, 0.25) is 29.7 Å². The molecule has 35 heteroatoms. The van der Waals surface area contributed by atoms with Crippen molar-refractivity contribution in [3.05, 3.63) is 35.7 Å². The van der Waals surface area contributed by atoms with Crippen LogP contribution in [0.15, 0.2) is 18.2 Å². The van der Waals surface area contributed by atoms with Crippen molar-refractivity contribution in [1.29, 1.82) is 0 Å². The number of methoxy groups -OCH3 is 6. The van der Waals surface area contributed by atoms with E-state index < -0.39 is 34.6 Å². The number of piperazine rings is 3. The van der Waals surface area contributed by atoms with E-state index in [1.54, 1.807) is 23.1 Å². The number of aliphatic carboxylic acids is 1. The monoisotopic (exact) mass is 1590 g/mol. The number of nitrogens with zero attached hydrogens (tertiary/aromatic N) is 13. The maximum Gasteiger partial charge on any atom is 0.410 e. The molecule has 0 bridgehead atoms. The van der Waals surface area contributed by atoms with Crippen LogP contribution < -0.4 is 71.0 Å². The molecular formula is C79H111F3N18O14. The van der Waals surface area contributed by atoms with E-state index in [1.807, 2.05) is 70.9 Å². The van der Waals surface area contributed by atoms with Crippen molar-refractivity contribution in [2.75, 3.05) is 153 Å². The molecule has 9 unspecified atom stereocenters. The van der Waals surface area contributed by atoms with Crippen LogP contribution in [0, 0.1) is 35.2 Å². The summed E-state index contributed by atoms with van der Waals surface area (Å²) in [6.45, 7) is 18.4. The van der Waals surface area contributed by atoms with Gasteiger partial charge in [-0.05, 0) is 135 Å². The number of hydrogen-bond donors (Lipinski definition) is 6. The van der Waals surface area contributed by atoms with Gasteiger partial charge in [0.25, 0.3) is 0 Å². The average Bonchev–Trinajstić information content (AvgIpc) is 1.21. The first-order chi connectivity index (χ1) is 54.4. The lowest BCUT2D eigenvalue weighted by atomic mass is 10.0. The number of nitrogens with two attached hydrogens (primary N) is 3. The Morgan fingerprint density at radius 2 is 0.825 bits per heavy atom. The molecule has 3 aromatic carbocycles. The van der Waals surface area contributed by atoms with Gasteiger partial charge in [0.05, 0.1) is 49.1 Å². The van der Waals surface area contributed by atoms with Crippen LogP contribution in [0.4, 0.5) is 58.1 Å². The highest BCUT2D eigenvalue weighted by atomic mass is 19.1. The predicted molar refractivity (Wildman–Crippen MR) is 423 cm³/mol. The normalized spacial score (nSPS) is 23.2. The van der Waals surface area contributed by atoms with E-state index in [1.165, 1.54) is 61.9 Å². The molecule has 6 saturated heterocycles. The number of nitrogen functional groups attached to an aromatic ring is 3. The number of fused-ring (bicyclic) bond motifs is 6. The lowest BCUT2D eigenvalue weighted by Gasteiger charge is -2.36. The second-order valence-electron chi connectivity index (χ2n) is 32.6. The maximum absolute atomic E-state index is 15.2. The molecule has 9 aliphatic rings. The SMILES string of the molecule is CC(C)(C)OC(=O)N1C(CC(=O)O)CC2CCCC21.COc1cc2c(N)nc(N3CCN(C(=O)CC4CC5CCCC5N4)CC3)nc2c(F)c1OC.COc1cc2c(N)nc(N3CCN(C(=O)CC4CC5CCCC5N4C(=O)OC(C)(C)C)CC3)nc2c(F)c1OC.COc1cc2c(N)nc(N3CCNCC3)nc2c(F)c1OC. The number of carboxylic acid groups (broad SMARTS) is 1. The summed E-state index contributed by atoms with van der Waals surface area (Å²) in [6, 6.07) is 5.60. The van der Waals surface area contributed by atoms with E-state index in [9.17, 15) is 28.4 Å². The quantitative estimate of drug-likeness (QED) is 0.0558. The summed E-state index contributed by atoms with van der Waals surface area (Å²) in [5, 5.41) is 17.0. The lowest BCUT2D eigenvalue weighted by Crippen LogP contribution is -2.51. The van der Waals surface area contributed by atoms with Crippen LogP contribution in [0.1, 0.15) is 138 Å². The molecule has 15 rings (SSSR count). The smallest absolute Gasteiger partial charge is 0.410 e. The van der Waals surface area contributed by atoms with Crippen LogP contribution in [0.3, 0.4) is 0 Å². The Kier molecular flexibility index (Phi) is 25.9. The summed E-state index contributed by atoms with van der Waals surface area (Å²) in [4.78, 5) is 102. The molecule has 3 aliphatic carbocycles. The Morgan fingerprint density at radius 1 is 0.465 bits per heavy atom. The molecule has 32 nitrogen and oxygen atoms in total. The minimum atomic E-state index is -0.849. The lowest BCUT2D eigenvalue weighted by molar-refractivity contribution is -0.138. The van der Waals surface area contributed by atoms with Crippen LogP contribution in [-0.2, 0) is 23.9 Å². The van der Waals surface area contributed by atoms with E-state index in [0.717, 1.165) is 89.9 Å². The van der Waals surface area contributed by atoms with Crippen LogP contribution in [0.5, 0.6) is 34.5 Å². The van der Waals surface area contributed by atoms with E-state index >= 15 is 8.78 Å². The molecule has 6 aliphatic heterocycles. The Morgan fingerprint density at radius 3 is 1.18 bits per heavy atom. The number of hydrogen-bond acceptors (Lipinski definition) is 27. The fourth-order valence-corrected chi connectivity index (χ4v) is 17.9. The Hall–Kier alpha value is -10.1. The molecule has 622 valence electrons. The minimum absolute atomic E-state index is 0.0133. The molecule has 0 spiro atoms. The zero-order valence-corrected chi connectivity index (χ0v) is 67.5. The van der Waals surface area contributed by atoms with Gasteiger partial charge < -0.3 is 105 Å². The second-order valence-corrected chi connectivity index (χ2v) is 32.6. The van der Waals surface area contributed by atoms with E-state index in [4.69, 9.17) is 60.2 Å². The number of aromatic nitrogens is 6. The summed E-state index contributed by atoms with van der Waals surface area (Å²) >= 11 is 0. The zero-order chi connectivity index (χ0) is 81.8. The van der Waals surface area contributed by atoms with Gasteiger partial charge in [-0.2, -0.15) is 15.0 Å². The maximum atomic E-state index is 15.2. The summed E-state index contributed by atoms with van der Waals surface area (Å²) in [5.74, 6) is 1.33. The number of nitrogens with one attached hydrogen (secondary N) is 2. The van der Waals surface area contributed by atoms with Crippen LogP contribution >= 0.6 is 0 Å². The number of carbonyl (C=O) groups excluding carboxylic acids is 4. The number of likely N-dealkylation sites (tertiary alicyclic amines) is 2. The molecule has 9 heterocycles. The number of ether oxygens (including phenoxy) is 8. The first-order valence-electron chi connectivity index (χ1n) is 39.6. The second kappa shape index (κ2) is 35.4. The molecule has 4 amide bonds. The first kappa shape index (κ1) is 83.4. The highest BCUT2D eigenvalue weighted by Gasteiger charge is 2.50. The van der Waals surface area contributed by atoms with Crippen molar-refractivity contribution in [2.45, 2.75) is 185 Å². The summed E-state index contributed by atoms with van der Waals surface area (Å²) in [7, 11) is 8.41. The van der Waals surface area contributed by atoms with Crippen LogP contribution in [-0.4, -0.2) is 253 Å². The largest absolute Gasteiger partial charge is 0.493 e. The van der Waals surface area contributed by atoms with Crippen molar-refractivity contribution >= 4 is 98.0 Å². The van der Waals surface area contributed by atoms with Crippen molar-refractivity contribution < 1.29 is 80.1 Å². The fraction of sp³-hybridized carbons (Fsp3) is 0.633. The van der Waals surface area contributed by atoms with Gasteiger partial charge in [0, 0.05) is 144 Å². The fourth-order valence-electron chi connectivity index (χ4n) is 17.9. The Bertz CT molecular complexity index is 4490. The van der Waals surface area contributed by atoms with Gasteiger partial charge in [-0.15, -0.1) is 0 Å². The minimum Gasteiger partial charge on any atom is -0.493 e. The van der Waals surface area contributed by atoms with Gasteiger partial charge in [-0.25, -0.2) is 37.7 Å². The highest BCUT2D eigenvalue weighted by Crippen LogP contribution is 2.47. The number of carboxylic acids is 1. The number of anilines is 6. The van der Waals surface area contributed by atoms with Gasteiger partial charge in [0.15, 0.2) is 51.9 Å². The number of halogens is 3. The molecule has 9 fully saturated rings. The van der Waals surface area contributed by atoms with Crippen molar-refractivity contribution in [2.24, 2.45) is 17.8 Å². The molecule has 3 saturated carbocycles. The van der Waals surface area contributed by atoms with Gasteiger partial charge >= 0.3 is 18.2 Å². The molecule has 9 atom stereocenters. The third-order valence-corrected chi connectivity index (χ3v) is 23.1. The summed E-state index contributed by atoms with van der Waals surface area (Å²) in [6.07, 6.45) is 13.1. The molecule has 114 heavy (non-hydrogen) atoms. The number of amides is 4. The van der Waals surface area contributed by atoms with Gasteiger partial charge in [0.1, 0.15) is 45.2 Å². The van der Waals surface area contributed by atoms with Crippen molar-refractivity contribution in [1.82, 2.24) is 60.1 Å². The zero-order valence-electron chi connectivity index (χ0n) is 67.5. The predicted octanol–water partition coefficient (Wildman–Crippen LogP) is 8.94. The van der Waals surface area contributed by atoms with Gasteiger partial charge in [-0.3, -0.25) is 14.4 Å². The van der Waals surface area contributed by atoms with E-state index in [0.29, 0.717) is 117 Å². The average molecular weight is 1590 g/mol. The van der Waals surface area contributed by atoms with Gasteiger partial charge in [-0.1, -0.05) is 19.3 Å². The molecule has 6 aromatic rings. The standard InChI is InChI=1S/C28H39FN6O5.C23H31FN6O3.C14H18FN5O2.C14H23NO4/c1-28(2,3)40-27(37)35-17(13-16-7-6-8-19(16)35)14-21(36)33-9-11-34(12-10-33)26-31-23-18(25(30)32-26)15-20(38-4)24(39-5)22(23)29;1-32-17-12-15-20(19(24)21(17)33-2)27-23(28-22(15)25)30-8-6-29(7-9-30)18(31)11-14-10-13-4-3-5-16(13)26-14;1-21-9-7-8-11(10(15)12(9)22-2)18-14(19-13(8)16)20-5-3-17-4-6-20;1-14(2,3)19-13(18)15-10(8-12(16)17)7-9-5-4-6-11(9)15/h15-17,19H,6-14H2,1-5H3,(H2,30,31,32);12-14,16,26H,3-11H2,1-2H3,(H2,25,27,28);7,17H,3-6H2,1-2H3,(H2,16,18,19);9-11H,4-8H2,1-3H3,(H,16,17). The third kappa shape index (κ3) is 18.3. The molecule has 3 aromatic heterocycles. The molecule has 0 radical (unpaired) electrons. The van der Waals surface area contributed by atoms with Crippen molar-refractivity contribution in [3.63, 3.8) is 0 Å². The van der Waals surface area contributed by atoms with Crippen molar-refractivity contribution in [3.8, 4) is 34.5 Å². The summed E-state index contributed by atoms with van der Waals surface area (Å²) < 4.78 is 87.0. The molecule has 9 N–H and O–H groups in total. The summed E-state index contributed by atoms with van der Waals surface area (Å²) in [5.41, 5.74) is 17.5. The number of rotatable bonds is 15. The highest BCUT2D eigenvalue weighted by molar-refractivity contribution is 5.95. The third-order valence-electron chi connectivity index (χ3n) is 23.1. The van der Waals surface area contributed by atoms with E-state index in [-0.39, 0.29) is 130 Å². The van der Waals surface area contributed by atoms with Crippen LogP contribution in [0.2, 0.25) is 0 Å². The topological polar surface area (TPSA) is 382 Å². The number of carbonyl (C=O) groups is 5.